The first kappa shape index (κ1) is 40.1. The van der Waals surface area contributed by atoms with E-state index in [0.29, 0.717) is 43.4 Å². The summed E-state index contributed by atoms with van der Waals surface area (Å²) >= 11 is 0. The summed E-state index contributed by atoms with van der Waals surface area (Å²) in [5.41, 5.74) is 0. The van der Waals surface area contributed by atoms with Crippen LogP contribution in [0.4, 0.5) is 0 Å². The highest BCUT2D eigenvalue weighted by Gasteiger charge is 2.27. The molecule has 0 amide bonds. The fourth-order valence-corrected chi connectivity index (χ4v) is 5.95. The van der Waals surface area contributed by atoms with Crippen molar-refractivity contribution in [1.82, 2.24) is 0 Å². The Morgan fingerprint density at radius 1 is 0.429 bits per heavy atom. The molecule has 0 aromatic heterocycles. The number of allylic oxidation sites excluding steroid dienone is 2. The van der Waals surface area contributed by atoms with Crippen molar-refractivity contribution in [3.8, 4) is 0 Å². The maximum Gasteiger partial charge on any atom is 0.303 e. The molecule has 7 nitrogen and oxygen atoms in total. The van der Waals surface area contributed by atoms with E-state index < -0.39 is 17.9 Å². The smallest absolute Gasteiger partial charge is 0.303 e. The summed E-state index contributed by atoms with van der Waals surface area (Å²) < 4.78 is 0.635. The van der Waals surface area contributed by atoms with Crippen LogP contribution in [0.5, 0.6) is 0 Å². The van der Waals surface area contributed by atoms with Gasteiger partial charge < -0.3 is 19.8 Å². The maximum absolute atomic E-state index is 11.1. The molecule has 0 aromatic rings. The van der Waals surface area contributed by atoms with Gasteiger partial charge in [-0.1, -0.05) is 103 Å². The van der Waals surface area contributed by atoms with Gasteiger partial charge in [0.05, 0.1) is 45.4 Å². The molecule has 7 heteroatoms. The lowest BCUT2D eigenvalue weighted by Crippen LogP contribution is -2.51. The van der Waals surface area contributed by atoms with Crippen LogP contribution in [0.3, 0.4) is 0 Å². The molecular formula is C35H66NO6+. The topological polar surface area (TPSA) is 112 Å². The van der Waals surface area contributed by atoms with E-state index in [4.69, 9.17) is 15.3 Å². The molecule has 0 aromatic carbocycles. The zero-order valence-electron chi connectivity index (χ0n) is 27.2. The van der Waals surface area contributed by atoms with Crippen molar-refractivity contribution in [1.29, 1.82) is 0 Å². The summed E-state index contributed by atoms with van der Waals surface area (Å²) in [6.07, 6.45) is 31.2. The number of aliphatic carboxylic acids is 3. The molecule has 0 saturated heterocycles. The van der Waals surface area contributed by atoms with Gasteiger partial charge in [0.25, 0.3) is 0 Å². The second-order valence-electron chi connectivity index (χ2n) is 12.4. The van der Waals surface area contributed by atoms with Gasteiger partial charge in [0.1, 0.15) is 0 Å². The minimum atomic E-state index is -0.827. The van der Waals surface area contributed by atoms with E-state index >= 15 is 0 Å². The Balaban J connectivity index is 4.08. The molecular weight excluding hydrogens is 530 g/mol. The summed E-state index contributed by atoms with van der Waals surface area (Å²) in [7, 11) is 0. The van der Waals surface area contributed by atoms with Gasteiger partial charge in [0.2, 0.25) is 0 Å². The molecule has 3 N–H and O–H groups in total. The predicted octanol–water partition coefficient (Wildman–Crippen LogP) is 9.39. The average molecular weight is 597 g/mol. The fourth-order valence-electron chi connectivity index (χ4n) is 5.95. The average Bonchev–Trinajstić information content (AvgIpc) is 2.93. The van der Waals surface area contributed by atoms with Gasteiger partial charge in [-0.05, 0) is 38.5 Å². The summed E-state index contributed by atoms with van der Waals surface area (Å²) in [6.45, 7) is 5.12. The predicted molar refractivity (Wildman–Crippen MR) is 173 cm³/mol. The van der Waals surface area contributed by atoms with Crippen LogP contribution in [0.2, 0.25) is 0 Å². The summed E-state index contributed by atoms with van der Waals surface area (Å²) in [4.78, 5) is 33.2. The minimum absolute atomic E-state index is 0.0880. The van der Waals surface area contributed by atoms with E-state index in [1.54, 1.807) is 0 Å². The standard InChI is InChI=1S/C35H65NO6/c1-2-3-4-5-6-7-8-9-10-11-12-13-14-15-16-17-18-19-20-21-22-29-36(30-23-26-33(37)38,31-24-27-34(39)40)32-25-28-35(41)42/h15-16H,2-14,17-32H2,1H3,(H2-,37,38,39,40,41,42)/p+1/b16-15+. The molecule has 0 aliphatic carbocycles. The van der Waals surface area contributed by atoms with E-state index in [2.05, 4.69) is 19.1 Å². The van der Waals surface area contributed by atoms with Crippen molar-refractivity contribution in [2.75, 3.05) is 26.2 Å². The Labute approximate surface area is 257 Å². The first-order valence-corrected chi connectivity index (χ1v) is 17.5. The molecule has 0 saturated carbocycles. The first-order valence-electron chi connectivity index (χ1n) is 17.5. The Hall–Kier alpha value is -1.89. The molecule has 246 valence electrons. The first-order chi connectivity index (χ1) is 20.3. The van der Waals surface area contributed by atoms with E-state index in [1.165, 1.54) is 96.3 Å². The van der Waals surface area contributed by atoms with Crippen molar-refractivity contribution >= 4 is 17.9 Å². The third-order valence-electron chi connectivity index (χ3n) is 8.46. The largest absolute Gasteiger partial charge is 0.481 e. The highest BCUT2D eigenvalue weighted by atomic mass is 16.4. The van der Waals surface area contributed by atoms with Crippen molar-refractivity contribution in [3.63, 3.8) is 0 Å². The second-order valence-corrected chi connectivity index (χ2v) is 12.4. The van der Waals surface area contributed by atoms with E-state index in [0.717, 1.165) is 32.2 Å². The monoisotopic (exact) mass is 596 g/mol. The molecule has 0 bridgehead atoms. The number of carbonyl (C=O) groups is 3. The molecule has 0 unspecified atom stereocenters. The molecule has 0 radical (unpaired) electrons. The number of hydrogen-bond acceptors (Lipinski definition) is 3. The van der Waals surface area contributed by atoms with E-state index in [-0.39, 0.29) is 19.3 Å². The molecule has 0 aliphatic rings. The zero-order chi connectivity index (χ0) is 31.2. The van der Waals surface area contributed by atoms with Crippen molar-refractivity contribution < 1.29 is 34.2 Å². The lowest BCUT2D eigenvalue weighted by molar-refractivity contribution is -0.929. The van der Waals surface area contributed by atoms with Crippen LogP contribution in [0, 0.1) is 0 Å². The Bertz CT molecular complexity index is 643. The Morgan fingerprint density at radius 2 is 0.714 bits per heavy atom. The number of quaternary nitrogens is 1. The van der Waals surface area contributed by atoms with Crippen molar-refractivity contribution in [3.05, 3.63) is 12.2 Å². The molecule has 0 fully saturated rings. The number of rotatable bonds is 33. The number of nitrogens with zero attached hydrogens (tertiary/aromatic N) is 1. The number of unbranched alkanes of at least 4 members (excludes halogenated alkanes) is 17. The van der Waals surface area contributed by atoms with Gasteiger partial charge in [0.15, 0.2) is 0 Å². The molecule has 0 atom stereocenters. The normalized spacial score (nSPS) is 11.8. The van der Waals surface area contributed by atoms with Gasteiger partial charge in [-0.25, -0.2) is 0 Å². The highest BCUT2D eigenvalue weighted by Crippen LogP contribution is 2.18. The summed E-state index contributed by atoms with van der Waals surface area (Å²) in [5, 5.41) is 27.3. The number of carboxylic acid groups (broad SMARTS) is 3. The Kier molecular flexibility index (Phi) is 27.9. The van der Waals surface area contributed by atoms with Gasteiger partial charge in [0, 0.05) is 19.3 Å². The zero-order valence-corrected chi connectivity index (χ0v) is 27.2. The lowest BCUT2D eigenvalue weighted by Gasteiger charge is -2.39. The van der Waals surface area contributed by atoms with Gasteiger partial charge in [-0.3, -0.25) is 14.4 Å². The van der Waals surface area contributed by atoms with E-state index in [1.807, 2.05) is 0 Å². The third-order valence-corrected chi connectivity index (χ3v) is 8.46. The minimum Gasteiger partial charge on any atom is -0.481 e. The molecule has 0 rings (SSSR count). The van der Waals surface area contributed by atoms with Crippen molar-refractivity contribution in [2.45, 2.75) is 167 Å². The molecule has 0 aliphatic heterocycles. The summed E-state index contributed by atoms with van der Waals surface area (Å²) in [6, 6.07) is 0. The quantitative estimate of drug-likeness (QED) is 0.0395. The van der Waals surface area contributed by atoms with Crippen LogP contribution in [0.15, 0.2) is 12.2 Å². The molecule has 42 heavy (non-hydrogen) atoms. The van der Waals surface area contributed by atoms with Crippen LogP contribution in [-0.2, 0) is 14.4 Å². The number of hydrogen-bond donors (Lipinski definition) is 3. The maximum atomic E-state index is 11.1. The SMILES string of the molecule is CCCCCCCCCCCCCC/C=C/CCCCCCC[N+](CCCC(=O)O)(CCCC(=O)O)CCCC(=O)O. The van der Waals surface area contributed by atoms with Crippen LogP contribution in [0.25, 0.3) is 0 Å². The second kappa shape index (κ2) is 29.2. The van der Waals surface area contributed by atoms with Crippen LogP contribution in [-0.4, -0.2) is 63.9 Å². The van der Waals surface area contributed by atoms with Gasteiger partial charge in [-0.15, -0.1) is 0 Å². The Morgan fingerprint density at radius 3 is 1.05 bits per heavy atom. The highest BCUT2D eigenvalue weighted by molar-refractivity contribution is 5.67. The molecule has 0 heterocycles. The van der Waals surface area contributed by atoms with Gasteiger partial charge in [-0.2, -0.15) is 0 Å². The van der Waals surface area contributed by atoms with Crippen molar-refractivity contribution in [2.24, 2.45) is 0 Å². The number of carboxylic acids is 3. The third kappa shape index (κ3) is 28.2. The van der Waals surface area contributed by atoms with Crippen LogP contribution < -0.4 is 0 Å². The fraction of sp³-hybridized carbons (Fsp3) is 0.857. The van der Waals surface area contributed by atoms with E-state index in [9.17, 15) is 14.4 Å². The lowest BCUT2D eigenvalue weighted by atomic mass is 10.0. The van der Waals surface area contributed by atoms with Crippen LogP contribution in [0.1, 0.15) is 167 Å². The summed E-state index contributed by atoms with van der Waals surface area (Å²) in [5.74, 6) is -2.48. The van der Waals surface area contributed by atoms with Crippen LogP contribution >= 0.6 is 0 Å². The molecule has 0 spiro atoms. The van der Waals surface area contributed by atoms with Gasteiger partial charge >= 0.3 is 17.9 Å².